The van der Waals surface area contributed by atoms with Crippen LogP contribution in [0.5, 0.6) is 0 Å². The number of carbonyl (C=O) groups excluding carboxylic acids is 2. The Hall–Kier alpha value is -0.610. The fourth-order valence-electron chi connectivity index (χ4n) is 0.775. The first-order chi connectivity index (χ1) is 5.77. The van der Waals surface area contributed by atoms with Crippen LogP contribution >= 0.6 is 23.1 Å². The minimum atomic E-state index is 0.0897. The number of hydrogen-bond acceptors (Lipinski definition) is 4. The summed E-state index contributed by atoms with van der Waals surface area (Å²) in [7, 11) is 0. The molecule has 1 rings (SSSR count). The van der Waals surface area contributed by atoms with E-state index in [9.17, 15) is 9.59 Å². The van der Waals surface area contributed by atoms with Gasteiger partial charge in [0.2, 0.25) is 0 Å². The largest absolute Gasteiger partial charge is 0.297 e. The molecule has 0 fully saturated rings. The highest BCUT2D eigenvalue weighted by Gasteiger charge is 2.06. The van der Waals surface area contributed by atoms with Crippen molar-refractivity contribution in [3.05, 3.63) is 21.9 Å². The summed E-state index contributed by atoms with van der Waals surface area (Å²) in [6.07, 6.45) is 2.64. The van der Waals surface area contributed by atoms with Gasteiger partial charge in [0.05, 0.1) is 10.6 Å². The predicted molar refractivity (Wildman–Crippen MR) is 52.4 cm³/mol. The van der Waals surface area contributed by atoms with Crippen LogP contribution in [0.15, 0.2) is 11.4 Å². The molecule has 0 unspecified atom stereocenters. The smallest absolute Gasteiger partial charge is 0.173 e. The number of carbonyl (C=O) groups is 2. The van der Waals surface area contributed by atoms with Gasteiger partial charge in [-0.3, -0.25) is 9.59 Å². The maximum atomic E-state index is 11.2. The summed E-state index contributed by atoms with van der Waals surface area (Å²) in [5, 5.41) is 1.72. The topological polar surface area (TPSA) is 34.1 Å². The third kappa shape index (κ3) is 2.19. The Morgan fingerprint density at radius 2 is 2.50 bits per heavy atom. The van der Waals surface area contributed by atoms with Crippen molar-refractivity contribution in [3.8, 4) is 0 Å². The van der Waals surface area contributed by atoms with Crippen molar-refractivity contribution in [1.82, 2.24) is 0 Å². The summed E-state index contributed by atoms with van der Waals surface area (Å²) in [5.41, 5.74) is 0.649. The van der Waals surface area contributed by atoms with Gasteiger partial charge in [0.25, 0.3) is 0 Å². The van der Waals surface area contributed by atoms with E-state index in [0.29, 0.717) is 16.2 Å². The minimum absolute atomic E-state index is 0.0897. The van der Waals surface area contributed by atoms with Crippen LogP contribution in [0, 0.1) is 0 Å². The van der Waals surface area contributed by atoms with Crippen LogP contribution in [0.2, 0.25) is 0 Å². The zero-order chi connectivity index (χ0) is 8.97. The quantitative estimate of drug-likeness (QED) is 0.551. The molecule has 0 saturated carbocycles. The van der Waals surface area contributed by atoms with Gasteiger partial charge in [-0.05, 0) is 12.3 Å². The van der Waals surface area contributed by atoms with Gasteiger partial charge in [0.15, 0.2) is 12.1 Å². The van der Waals surface area contributed by atoms with E-state index in [1.54, 1.807) is 11.4 Å². The number of rotatable bonds is 4. The van der Waals surface area contributed by atoms with E-state index in [1.807, 2.05) is 6.26 Å². The van der Waals surface area contributed by atoms with E-state index in [1.165, 1.54) is 23.1 Å². The molecule has 0 spiro atoms. The molecule has 0 aromatic carbocycles. The second-order valence-electron chi connectivity index (χ2n) is 2.21. The Morgan fingerprint density at radius 3 is 3.00 bits per heavy atom. The molecule has 12 heavy (non-hydrogen) atoms. The minimum Gasteiger partial charge on any atom is -0.297 e. The highest BCUT2D eigenvalue weighted by Crippen LogP contribution is 2.14. The van der Waals surface area contributed by atoms with Gasteiger partial charge in [0.1, 0.15) is 0 Å². The first kappa shape index (κ1) is 9.48. The number of thiophene rings is 1. The van der Waals surface area contributed by atoms with Crippen LogP contribution in [0.3, 0.4) is 0 Å². The average Bonchev–Trinajstić information content (AvgIpc) is 2.52. The van der Waals surface area contributed by atoms with Crippen LogP contribution in [-0.2, 0) is 0 Å². The number of thioether (sulfide) groups is 1. The number of Topliss-reactive ketones (excluding diaryl/α,β-unsaturated/α-hetero) is 1. The van der Waals surface area contributed by atoms with Crippen molar-refractivity contribution < 1.29 is 9.59 Å². The van der Waals surface area contributed by atoms with E-state index in [4.69, 9.17) is 0 Å². The van der Waals surface area contributed by atoms with Crippen molar-refractivity contribution >= 4 is 35.2 Å². The fourth-order valence-corrected chi connectivity index (χ4v) is 1.92. The van der Waals surface area contributed by atoms with Gasteiger partial charge in [-0.2, -0.15) is 11.8 Å². The van der Waals surface area contributed by atoms with Crippen molar-refractivity contribution in [3.63, 3.8) is 0 Å². The summed E-state index contributed by atoms with van der Waals surface area (Å²) in [6, 6.07) is 1.64. The molecule has 0 saturated heterocycles. The summed E-state index contributed by atoms with van der Waals surface area (Å²) >= 11 is 2.79. The zero-order valence-electron chi connectivity index (χ0n) is 6.57. The Bertz CT molecular complexity index is 291. The SMILES string of the molecule is CSCC(=O)c1csc(C=O)c1. The second kappa shape index (κ2) is 4.42. The second-order valence-corrected chi connectivity index (χ2v) is 4.02. The number of aldehydes is 1. The standard InChI is InChI=1S/C8H8O2S2/c1-11-5-8(10)6-2-7(3-9)12-4-6/h2-4H,5H2,1H3. The molecule has 2 nitrogen and oxygen atoms in total. The highest BCUT2D eigenvalue weighted by atomic mass is 32.2. The van der Waals surface area contributed by atoms with E-state index in [2.05, 4.69) is 0 Å². The van der Waals surface area contributed by atoms with Crippen LogP contribution in [0.4, 0.5) is 0 Å². The maximum Gasteiger partial charge on any atom is 0.173 e. The normalized spacial score (nSPS) is 9.75. The van der Waals surface area contributed by atoms with Gasteiger partial charge in [-0.15, -0.1) is 11.3 Å². The number of ketones is 1. The molecule has 4 heteroatoms. The molecular formula is C8H8O2S2. The van der Waals surface area contributed by atoms with Crippen LogP contribution in [0.25, 0.3) is 0 Å². The Balaban J connectivity index is 2.74. The van der Waals surface area contributed by atoms with Crippen LogP contribution in [-0.4, -0.2) is 24.1 Å². The van der Waals surface area contributed by atoms with Crippen LogP contribution < -0.4 is 0 Å². The summed E-state index contributed by atoms with van der Waals surface area (Å²) in [6.45, 7) is 0. The lowest BCUT2D eigenvalue weighted by Crippen LogP contribution is -1.99. The van der Waals surface area contributed by atoms with Crippen molar-refractivity contribution in [2.75, 3.05) is 12.0 Å². The predicted octanol–water partition coefficient (Wildman–Crippen LogP) is 2.11. The van der Waals surface area contributed by atoms with E-state index < -0.39 is 0 Å². The average molecular weight is 200 g/mol. The molecule has 0 N–H and O–H groups in total. The molecule has 0 bridgehead atoms. The summed E-state index contributed by atoms with van der Waals surface area (Å²) < 4.78 is 0. The first-order valence-corrected chi connectivity index (χ1v) is 5.61. The van der Waals surface area contributed by atoms with Gasteiger partial charge in [-0.25, -0.2) is 0 Å². The molecule has 0 atom stereocenters. The molecule has 0 aliphatic heterocycles. The first-order valence-electron chi connectivity index (χ1n) is 3.33. The third-order valence-corrected chi connectivity index (χ3v) is 2.74. The molecule has 0 aliphatic rings. The highest BCUT2D eigenvalue weighted by molar-refractivity contribution is 7.99. The summed E-state index contributed by atoms with van der Waals surface area (Å²) in [5.74, 6) is 0.571. The van der Waals surface area contributed by atoms with E-state index in [0.717, 1.165) is 6.29 Å². The molecule has 1 heterocycles. The maximum absolute atomic E-state index is 11.2. The van der Waals surface area contributed by atoms with E-state index >= 15 is 0 Å². The lowest BCUT2D eigenvalue weighted by atomic mass is 10.2. The monoisotopic (exact) mass is 200 g/mol. The molecule has 0 radical (unpaired) electrons. The molecule has 0 amide bonds. The Kier molecular flexibility index (Phi) is 3.49. The van der Waals surface area contributed by atoms with Crippen LogP contribution in [0.1, 0.15) is 20.0 Å². The number of hydrogen-bond donors (Lipinski definition) is 0. The fraction of sp³-hybridized carbons (Fsp3) is 0.250. The Labute approximate surface area is 79.0 Å². The van der Waals surface area contributed by atoms with Gasteiger partial charge in [0, 0.05) is 10.9 Å². The van der Waals surface area contributed by atoms with Crippen molar-refractivity contribution in [1.29, 1.82) is 0 Å². The summed E-state index contributed by atoms with van der Waals surface area (Å²) in [4.78, 5) is 22.1. The lowest BCUT2D eigenvalue weighted by molar-refractivity contribution is 0.102. The molecule has 1 aromatic heterocycles. The molecule has 0 aliphatic carbocycles. The third-order valence-electron chi connectivity index (χ3n) is 1.33. The molecular weight excluding hydrogens is 192 g/mol. The lowest BCUT2D eigenvalue weighted by Gasteiger charge is -1.91. The molecule has 64 valence electrons. The zero-order valence-corrected chi connectivity index (χ0v) is 8.21. The van der Waals surface area contributed by atoms with Gasteiger partial charge in [-0.1, -0.05) is 0 Å². The van der Waals surface area contributed by atoms with E-state index in [-0.39, 0.29) is 5.78 Å². The van der Waals surface area contributed by atoms with Gasteiger partial charge < -0.3 is 0 Å². The van der Waals surface area contributed by atoms with Crippen molar-refractivity contribution in [2.24, 2.45) is 0 Å². The Morgan fingerprint density at radius 1 is 1.75 bits per heavy atom. The van der Waals surface area contributed by atoms with Gasteiger partial charge >= 0.3 is 0 Å². The van der Waals surface area contributed by atoms with Crippen molar-refractivity contribution in [2.45, 2.75) is 0 Å². The molecule has 1 aromatic rings.